The second-order valence-corrected chi connectivity index (χ2v) is 5.63. The first-order valence-electron chi connectivity index (χ1n) is 4.88. The lowest BCUT2D eigenvalue weighted by molar-refractivity contribution is 0.223. The molecule has 2 nitrogen and oxygen atoms in total. The van der Waals surface area contributed by atoms with E-state index in [1.807, 2.05) is 17.5 Å². The first kappa shape index (κ1) is 12.9. The Balaban J connectivity index is 2.43. The molecule has 90 valence electrons. The van der Waals surface area contributed by atoms with Crippen LogP contribution in [0.1, 0.15) is 16.5 Å². The zero-order valence-corrected chi connectivity index (χ0v) is 12.1. The molecular formula is C12H10BrClO2S. The van der Waals surface area contributed by atoms with Crippen LogP contribution < -0.4 is 4.74 Å². The first-order chi connectivity index (χ1) is 8.13. The molecule has 1 unspecified atom stereocenters. The van der Waals surface area contributed by atoms with Crippen LogP contribution in [0.25, 0.3) is 0 Å². The van der Waals surface area contributed by atoms with Gasteiger partial charge in [0, 0.05) is 10.0 Å². The fourth-order valence-corrected chi connectivity index (χ4v) is 3.13. The van der Waals surface area contributed by atoms with Gasteiger partial charge < -0.3 is 9.84 Å². The van der Waals surface area contributed by atoms with Crippen LogP contribution >= 0.6 is 38.9 Å². The van der Waals surface area contributed by atoms with Crippen LogP contribution in [0, 0.1) is 0 Å². The van der Waals surface area contributed by atoms with Gasteiger partial charge >= 0.3 is 0 Å². The molecular weight excluding hydrogens is 324 g/mol. The summed E-state index contributed by atoms with van der Waals surface area (Å²) in [4.78, 5) is 0.737. The molecule has 0 fully saturated rings. The van der Waals surface area contributed by atoms with E-state index in [4.69, 9.17) is 16.3 Å². The monoisotopic (exact) mass is 332 g/mol. The Kier molecular flexibility index (Phi) is 4.09. The summed E-state index contributed by atoms with van der Waals surface area (Å²) < 4.78 is 5.98. The smallest absolute Gasteiger partial charge is 0.119 e. The highest BCUT2D eigenvalue weighted by molar-refractivity contribution is 9.10. The van der Waals surface area contributed by atoms with Gasteiger partial charge in [-0.2, -0.15) is 0 Å². The minimum Gasteiger partial charge on any atom is -0.497 e. The van der Waals surface area contributed by atoms with Gasteiger partial charge in [0.2, 0.25) is 0 Å². The molecule has 1 atom stereocenters. The highest BCUT2D eigenvalue weighted by atomic mass is 79.9. The summed E-state index contributed by atoms with van der Waals surface area (Å²) in [5.74, 6) is 0.704. The van der Waals surface area contributed by atoms with Crippen LogP contribution in [-0.4, -0.2) is 12.2 Å². The van der Waals surface area contributed by atoms with Gasteiger partial charge in [0.05, 0.1) is 17.0 Å². The predicted molar refractivity (Wildman–Crippen MR) is 74.1 cm³/mol. The summed E-state index contributed by atoms with van der Waals surface area (Å²) in [6.45, 7) is 0. The molecule has 2 rings (SSSR count). The van der Waals surface area contributed by atoms with Crippen LogP contribution in [0.5, 0.6) is 5.75 Å². The number of hydrogen-bond acceptors (Lipinski definition) is 3. The van der Waals surface area contributed by atoms with Gasteiger partial charge in [-0.3, -0.25) is 0 Å². The molecule has 0 aliphatic carbocycles. The number of hydrogen-bond donors (Lipinski definition) is 1. The zero-order valence-electron chi connectivity index (χ0n) is 8.98. The molecule has 0 aliphatic heterocycles. The van der Waals surface area contributed by atoms with Crippen LogP contribution in [-0.2, 0) is 0 Å². The molecule has 0 saturated heterocycles. The maximum atomic E-state index is 10.3. The molecule has 5 heteroatoms. The number of aliphatic hydroxyl groups is 1. The van der Waals surface area contributed by atoms with Crippen molar-refractivity contribution < 1.29 is 9.84 Å². The molecule has 17 heavy (non-hydrogen) atoms. The highest BCUT2D eigenvalue weighted by Crippen LogP contribution is 2.37. The second-order valence-electron chi connectivity index (χ2n) is 3.42. The first-order valence-corrected chi connectivity index (χ1v) is 6.93. The van der Waals surface area contributed by atoms with Gasteiger partial charge in [-0.25, -0.2) is 0 Å². The number of rotatable bonds is 3. The van der Waals surface area contributed by atoms with E-state index in [9.17, 15) is 5.11 Å². The number of ether oxygens (including phenoxy) is 1. The average molecular weight is 334 g/mol. The van der Waals surface area contributed by atoms with E-state index in [0.29, 0.717) is 10.8 Å². The van der Waals surface area contributed by atoms with Crippen LogP contribution in [0.2, 0.25) is 5.02 Å². The minimum absolute atomic E-state index is 0.581. The average Bonchev–Trinajstić information content (AvgIpc) is 2.75. The van der Waals surface area contributed by atoms with E-state index in [1.165, 1.54) is 11.3 Å². The number of thiophene rings is 1. The molecule has 2 aromatic rings. The third-order valence-electron chi connectivity index (χ3n) is 2.39. The van der Waals surface area contributed by atoms with Gasteiger partial charge in [0.25, 0.3) is 0 Å². The molecule has 0 aliphatic rings. The summed E-state index contributed by atoms with van der Waals surface area (Å²) in [6.07, 6.45) is -0.744. The topological polar surface area (TPSA) is 29.5 Å². The molecule has 0 bridgehead atoms. The van der Waals surface area contributed by atoms with Crippen molar-refractivity contribution in [2.45, 2.75) is 6.10 Å². The van der Waals surface area contributed by atoms with Gasteiger partial charge in [-0.15, -0.1) is 11.3 Å². The molecule has 0 amide bonds. The van der Waals surface area contributed by atoms with Crippen LogP contribution in [0.15, 0.2) is 34.1 Å². The van der Waals surface area contributed by atoms with E-state index >= 15 is 0 Å². The van der Waals surface area contributed by atoms with Gasteiger partial charge in [0.1, 0.15) is 11.9 Å². The number of methoxy groups -OCH3 is 1. The fourth-order valence-electron chi connectivity index (χ4n) is 1.50. The third kappa shape index (κ3) is 2.65. The largest absolute Gasteiger partial charge is 0.497 e. The maximum Gasteiger partial charge on any atom is 0.119 e. The summed E-state index contributed by atoms with van der Waals surface area (Å²) in [6, 6.07) is 7.25. The zero-order chi connectivity index (χ0) is 12.4. The van der Waals surface area contributed by atoms with E-state index in [1.54, 1.807) is 19.2 Å². The van der Waals surface area contributed by atoms with Crippen LogP contribution in [0.3, 0.4) is 0 Å². The summed E-state index contributed by atoms with van der Waals surface area (Å²) in [7, 11) is 1.59. The fraction of sp³-hybridized carbons (Fsp3) is 0.167. The van der Waals surface area contributed by atoms with Crippen molar-refractivity contribution in [2.24, 2.45) is 0 Å². The van der Waals surface area contributed by atoms with E-state index in [2.05, 4.69) is 15.9 Å². The van der Waals surface area contributed by atoms with Crippen molar-refractivity contribution in [2.75, 3.05) is 7.11 Å². The Labute approximate surface area is 117 Å². The number of aliphatic hydroxyl groups excluding tert-OH is 1. The van der Waals surface area contributed by atoms with Crippen LogP contribution in [0.4, 0.5) is 0 Å². The summed E-state index contributed by atoms with van der Waals surface area (Å²) >= 11 is 10.9. The SMILES string of the molecule is COc1ccc(Br)c(C(O)c2sccc2Cl)c1. The van der Waals surface area contributed by atoms with Crippen molar-refractivity contribution in [3.8, 4) is 5.75 Å². The molecule has 1 N–H and O–H groups in total. The molecule has 0 spiro atoms. The Morgan fingerprint density at radius 3 is 2.76 bits per heavy atom. The standard InChI is InChI=1S/C12H10BrClO2S/c1-16-7-2-3-9(13)8(6-7)11(15)12-10(14)4-5-17-12/h2-6,11,15H,1H3. The lowest BCUT2D eigenvalue weighted by Crippen LogP contribution is -1.99. The summed E-state index contributed by atoms with van der Waals surface area (Å²) in [5.41, 5.74) is 0.744. The minimum atomic E-state index is -0.744. The summed E-state index contributed by atoms with van der Waals surface area (Å²) in [5, 5.41) is 12.7. The Morgan fingerprint density at radius 1 is 1.41 bits per heavy atom. The maximum absolute atomic E-state index is 10.3. The highest BCUT2D eigenvalue weighted by Gasteiger charge is 2.18. The van der Waals surface area contributed by atoms with Gasteiger partial charge in [0.15, 0.2) is 0 Å². The molecule has 1 aromatic heterocycles. The number of halogens is 2. The third-order valence-corrected chi connectivity index (χ3v) is 4.52. The van der Waals surface area contributed by atoms with Crippen molar-refractivity contribution in [3.63, 3.8) is 0 Å². The Bertz CT molecular complexity index is 527. The lowest BCUT2D eigenvalue weighted by Gasteiger charge is -2.13. The van der Waals surface area contributed by atoms with Gasteiger partial charge in [-0.1, -0.05) is 27.5 Å². The normalized spacial score (nSPS) is 12.5. The Hall–Kier alpha value is -0.550. The Morgan fingerprint density at radius 2 is 2.18 bits per heavy atom. The molecule has 1 heterocycles. The van der Waals surface area contributed by atoms with Crippen molar-refractivity contribution in [1.82, 2.24) is 0 Å². The van der Waals surface area contributed by atoms with Crippen molar-refractivity contribution in [3.05, 3.63) is 49.6 Å². The lowest BCUT2D eigenvalue weighted by atomic mass is 10.1. The van der Waals surface area contributed by atoms with E-state index in [-0.39, 0.29) is 0 Å². The second kappa shape index (κ2) is 5.40. The predicted octanol–water partition coefficient (Wildman–Crippen LogP) is 4.25. The van der Waals surface area contributed by atoms with Crippen molar-refractivity contribution in [1.29, 1.82) is 0 Å². The quantitative estimate of drug-likeness (QED) is 0.909. The van der Waals surface area contributed by atoms with E-state index < -0.39 is 6.10 Å². The van der Waals surface area contributed by atoms with Gasteiger partial charge in [-0.05, 0) is 29.6 Å². The molecule has 0 saturated carbocycles. The number of benzene rings is 1. The van der Waals surface area contributed by atoms with Crippen molar-refractivity contribution >= 4 is 38.9 Å². The van der Waals surface area contributed by atoms with E-state index in [0.717, 1.165) is 14.9 Å². The molecule has 0 radical (unpaired) electrons. The molecule has 1 aromatic carbocycles.